The van der Waals surface area contributed by atoms with E-state index in [-0.39, 0.29) is 0 Å². The second kappa shape index (κ2) is 8.74. The summed E-state index contributed by atoms with van der Waals surface area (Å²) in [7, 11) is 1.34. The van der Waals surface area contributed by atoms with Crippen molar-refractivity contribution in [3.63, 3.8) is 0 Å². The molecule has 2 aromatic rings. The summed E-state index contributed by atoms with van der Waals surface area (Å²) in [4.78, 5) is 20.6. The third-order valence-electron chi connectivity index (χ3n) is 3.35. The molecule has 0 spiro atoms. The Labute approximate surface area is 155 Å². The van der Waals surface area contributed by atoms with Gasteiger partial charge in [0.2, 0.25) is 0 Å². The van der Waals surface area contributed by atoms with Crippen LogP contribution in [0.5, 0.6) is 0 Å². The third-order valence-corrected chi connectivity index (χ3v) is 4.76. The number of carbonyl (C=O) groups is 1. The van der Waals surface area contributed by atoms with Gasteiger partial charge in [0.25, 0.3) is 0 Å². The number of methoxy groups -OCH3 is 1. The number of anilines is 2. The standard InChI is InChI=1S/C17H18N4O2S2/c1-5-25-17-20-14(12(9-18)15(21-17)24-4)19-13-8-11(16(22)23-3)7-6-10(13)2/h6-8H,5H2,1-4H3,(H,19,20,21). The van der Waals surface area contributed by atoms with Crippen LogP contribution >= 0.6 is 23.5 Å². The Bertz CT molecular complexity index is 834. The van der Waals surface area contributed by atoms with E-state index in [0.29, 0.717) is 32.8 Å². The lowest BCUT2D eigenvalue weighted by Gasteiger charge is -2.13. The van der Waals surface area contributed by atoms with Crippen LogP contribution in [0.1, 0.15) is 28.4 Å². The van der Waals surface area contributed by atoms with Gasteiger partial charge in [-0.15, -0.1) is 11.8 Å². The average molecular weight is 374 g/mol. The minimum absolute atomic E-state index is 0.385. The van der Waals surface area contributed by atoms with Crippen molar-refractivity contribution in [1.29, 1.82) is 5.26 Å². The van der Waals surface area contributed by atoms with Crippen LogP contribution in [0.25, 0.3) is 0 Å². The van der Waals surface area contributed by atoms with Crippen molar-refractivity contribution in [2.45, 2.75) is 24.0 Å². The maximum Gasteiger partial charge on any atom is 0.337 e. The minimum atomic E-state index is -0.418. The Morgan fingerprint density at radius 3 is 2.76 bits per heavy atom. The number of nitriles is 1. The molecular weight excluding hydrogens is 356 g/mol. The van der Waals surface area contributed by atoms with Gasteiger partial charge < -0.3 is 10.1 Å². The Morgan fingerprint density at radius 2 is 2.16 bits per heavy atom. The lowest BCUT2D eigenvalue weighted by molar-refractivity contribution is 0.0601. The third kappa shape index (κ3) is 4.44. The number of esters is 1. The number of hydrogen-bond donors (Lipinski definition) is 1. The predicted molar refractivity (Wildman–Crippen MR) is 101 cm³/mol. The van der Waals surface area contributed by atoms with Gasteiger partial charge >= 0.3 is 5.97 Å². The summed E-state index contributed by atoms with van der Waals surface area (Å²) in [5.41, 5.74) is 2.43. The molecule has 0 saturated heterocycles. The van der Waals surface area contributed by atoms with E-state index in [0.717, 1.165) is 11.3 Å². The lowest BCUT2D eigenvalue weighted by Crippen LogP contribution is -2.06. The van der Waals surface area contributed by atoms with E-state index in [9.17, 15) is 10.1 Å². The fraction of sp³-hybridized carbons (Fsp3) is 0.294. The number of aromatic nitrogens is 2. The van der Waals surface area contributed by atoms with Gasteiger partial charge in [-0.1, -0.05) is 24.8 Å². The topological polar surface area (TPSA) is 87.9 Å². The Balaban J connectivity index is 2.50. The molecule has 0 aliphatic rings. The second-order valence-electron chi connectivity index (χ2n) is 4.93. The van der Waals surface area contributed by atoms with Crippen LogP contribution in [0.15, 0.2) is 28.4 Å². The zero-order valence-corrected chi connectivity index (χ0v) is 16.0. The summed E-state index contributed by atoms with van der Waals surface area (Å²) in [6.45, 7) is 3.93. The number of carbonyl (C=O) groups excluding carboxylic acids is 1. The van der Waals surface area contributed by atoms with E-state index in [1.807, 2.05) is 26.2 Å². The fourth-order valence-corrected chi connectivity index (χ4v) is 3.23. The van der Waals surface area contributed by atoms with Crippen LogP contribution < -0.4 is 5.32 Å². The van der Waals surface area contributed by atoms with E-state index >= 15 is 0 Å². The number of aryl methyl sites for hydroxylation is 1. The van der Waals surface area contributed by atoms with Gasteiger partial charge in [0, 0.05) is 5.69 Å². The summed E-state index contributed by atoms with van der Waals surface area (Å²) < 4.78 is 4.76. The molecule has 0 atom stereocenters. The predicted octanol–water partition coefficient (Wildman–Crippen LogP) is 4.02. The van der Waals surface area contributed by atoms with Crippen molar-refractivity contribution in [2.24, 2.45) is 0 Å². The van der Waals surface area contributed by atoms with Crippen LogP contribution in [0, 0.1) is 18.3 Å². The summed E-state index contributed by atoms with van der Waals surface area (Å²) in [5.74, 6) is 0.844. The average Bonchev–Trinajstić information content (AvgIpc) is 2.62. The fourth-order valence-electron chi connectivity index (χ4n) is 2.08. The van der Waals surface area contributed by atoms with Gasteiger partial charge in [-0.3, -0.25) is 0 Å². The molecule has 8 heteroatoms. The van der Waals surface area contributed by atoms with Gasteiger partial charge in [-0.25, -0.2) is 14.8 Å². The van der Waals surface area contributed by atoms with Gasteiger partial charge in [0.05, 0.1) is 12.7 Å². The normalized spacial score (nSPS) is 10.2. The molecule has 0 amide bonds. The van der Waals surface area contributed by atoms with Crippen molar-refractivity contribution in [3.8, 4) is 6.07 Å². The molecule has 6 nitrogen and oxygen atoms in total. The summed E-state index contributed by atoms with van der Waals surface area (Å²) in [5, 5.41) is 13.9. The highest BCUT2D eigenvalue weighted by molar-refractivity contribution is 7.99. The molecule has 0 radical (unpaired) electrons. The van der Waals surface area contributed by atoms with Crippen LogP contribution in [0.2, 0.25) is 0 Å². The number of benzene rings is 1. The highest BCUT2D eigenvalue weighted by atomic mass is 32.2. The first kappa shape index (κ1) is 19.1. The van der Waals surface area contributed by atoms with Gasteiger partial charge in [-0.2, -0.15) is 5.26 Å². The maximum atomic E-state index is 11.8. The molecule has 0 fully saturated rings. The molecule has 130 valence electrons. The smallest absolute Gasteiger partial charge is 0.337 e. The van der Waals surface area contributed by atoms with Crippen LogP contribution in [-0.4, -0.2) is 35.1 Å². The Hall–Kier alpha value is -2.24. The quantitative estimate of drug-likeness (QED) is 0.351. The molecule has 0 saturated carbocycles. The first-order valence-corrected chi connectivity index (χ1v) is 9.70. The highest BCUT2D eigenvalue weighted by Crippen LogP contribution is 2.30. The molecular formula is C17H18N4O2S2. The van der Waals surface area contributed by atoms with Crippen molar-refractivity contribution >= 4 is 41.0 Å². The van der Waals surface area contributed by atoms with Crippen molar-refractivity contribution in [2.75, 3.05) is 24.4 Å². The molecule has 0 bridgehead atoms. The summed E-state index contributed by atoms with van der Waals surface area (Å²) in [6.07, 6.45) is 1.87. The number of ether oxygens (including phenoxy) is 1. The lowest BCUT2D eigenvalue weighted by atomic mass is 10.1. The SMILES string of the molecule is CCSc1nc(Nc2cc(C(=O)OC)ccc2C)c(C#N)c(SC)n1. The number of nitrogens with zero attached hydrogens (tertiary/aromatic N) is 3. The Morgan fingerprint density at radius 1 is 1.40 bits per heavy atom. The van der Waals surface area contributed by atoms with E-state index in [4.69, 9.17) is 4.74 Å². The first-order chi connectivity index (χ1) is 12.0. The molecule has 25 heavy (non-hydrogen) atoms. The van der Waals surface area contributed by atoms with Crippen molar-refractivity contribution in [1.82, 2.24) is 9.97 Å². The molecule has 0 aliphatic carbocycles. The number of nitrogens with one attached hydrogen (secondary N) is 1. The molecule has 0 aliphatic heterocycles. The summed E-state index contributed by atoms with van der Waals surface area (Å²) in [6, 6.07) is 7.37. The first-order valence-electron chi connectivity index (χ1n) is 7.48. The highest BCUT2D eigenvalue weighted by Gasteiger charge is 2.16. The van der Waals surface area contributed by atoms with E-state index in [1.165, 1.54) is 30.6 Å². The van der Waals surface area contributed by atoms with E-state index < -0.39 is 5.97 Å². The largest absolute Gasteiger partial charge is 0.465 e. The maximum absolute atomic E-state index is 11.8. The molecule has 1 N–H and O–H groups in total. The molecule has 2 rings (SSSR count). The number of hydrogen-bond acceptors (Lipinski definition) is 8. The van der Waals surface area contributed by atoms with Crippen LogP contribution in [0.4, 0.5) is 11.5 Å². The van der Waals surface area contributed by atoms with Crippen LogP contribution in [-0.2, 0) is 4.74 Å². The zero-order chi connectivity index (χ0) is 18.4. The van der Waals surface area contributed by atoms with Gasteiger partial charge in [0.1, 0.15) is 16.7 Å². The summed E-state index contributed by atoms with van der Waals surface area (Å²) >= 11 is 2.91. The number of rotatable bonds is 6. The monoisotopic (exact) mass is 374 g/mol. The number of thioether (sulfide) groups is 2. The van der Waals surface area contributed by atoms with Gasteiger partial charge in [0.15, 0.2) is 11.0 Å². The molecule has 1 aromatic carbocycles. The van der Waals surface area contributed by atoms with Crippen molar-refractivity contribution in [3.05, 3.63) is 34.9 Å². The zero-order valence-electron chi connectivity index (χ0n) is 14.4. The van der Waals surface area contributed by atoms with Crippen LogP contribution in [0.3, 0.4) is 0 Å². The van der Waals surface area contributed by atoms with Crippen molar-refractivity contribution < 1.29 is 9.53 Å². The molecule has 0 unspecified atom stereocenters. The Kier molecular flexibility index (Phi) is 6.67. The van der Waals surface area contributed by atoms with E-state index in [2.05, 4.69) is 21.4 Å². The molecule has 1 aromatic heterocycles. The second-order valence-corrected chi connectivity index (χ2v) is 6.96. The van der Waals surface area contributed by atoms with E-state index in [1.54, 1.807) is 12.1 Å². The molecule has 1 heterocycles. The minimum Gasteiger partial charge on any atom is -0.465 e. The van der Waals surface area contributed by atoms with Gasteiger partial charge in [-0.05, 0) is 36.6 Å².